The highest BCUT2D eigenvalue weighted by Gasteiger charge is 2.49. The zero-order valence-corrected chi connectivity index (χ0v) is 23.2. The lowest BCUT2D eigenvalue weighted by Crippen LogP contribution is -2.45. The molecule has 6 heterocycles. The van der Waals surface area contributed by atoms with Crippen molar-refractivity contribution >= 4 is 40.8 Å². The lowest BCUT2D eigenvalue weighted by atomic mass is 10.1. The molecule has 6 aliphatic rings. The van der Waals surface area contributed by atoms with Crippen molar-refractivity contribution in [2.24, 2.45) is 25.0 Å². The Labute approximate surface area is 247 Å². The van der Waals surface area contributed by atoms with Gasteiger partial charge in [0.25, 0.3) is 23.3 Å². The van der Waals surface area contributed by atoms with Crippen molar-refractivity contribution in [1.82, 2.24) is 5.32 Å². The van der Waals surface area contributed by atoms with Gasteiger partial charge in [-0.3, -0.25) is 0 Å². The zero-order chi connectivity index (χ0) is 28.2. The largest absolute Gasteiger partial charge is 0.317 e. The second kappa shape index (κ2) is 8.23. The predicted molar refractivity (Wildman–Crippen MR) is 167 cm³/mol. The van der Waals surface area contributed by atoms with E-state index in [-0.39, 0.29) is 12.3 Å². The van der Waals surface area contributed by atoms with Crippen molar-refractivity contribution in [3.63, 3.8) is 0 Å². The van der Waals surface area contributed by atoms with E-state index in [0.717, 1.165) is 80.1 Å². The molecule has 0 amide bonds. The summed E-state index contributed by atoms with van der Waals surface area (Å²) in [7, 11) is 0. The number of fused-ring (bicyclic) bond motifs is 15. The second-order valence-corrected chi connectivity index (χ2v) is 11.3. The van der Waals surface area contributed by atoms with E-state index in [9.17, 15) is 0 Å². The molecule has 4 aromatic rings. The third kappa shape index (κ3) is 2.97. The number of rotatable bonds is 1. The van der Waals surface area contributed by atoms with Crippen molar-refractivity contribution in [2.75, 3.05) is 0 Å². The summed E-state index contributed by atoms with van der Waals surface area (Å²) in [4.78, 5) is 26.6. The first-order valence-electron chi connectivity index (χ1n) is 14.7. The number of nitrogens with zero attached hydrogens (tertiary/aromatic N) is 7. The normalized spacial score (nSPS) is 21.5. The van der Waals surface area contributed by atoms with E-state index in [1.165, 1.54) is 0 Å². The number of hydrogen-bond donors (Lipinski definition) is 1. The summed E-state index contributed by atoms with van der Waals surface area (Å²) in [6.45, 7) is 2.21. The van der Waals surface area contributed by atoms with Crippen LogP contribution in [0.3, 0.4) is 0 Å². The Morgan fingerprint density at radius 1 is 0.558 bits per heavy atom. The summed E-state index contributed by atoms with van der Waals surface area (Å²) in [5, 5.41) is 3.66. The highest BCUT2D eigenvalue weighted by Crippen LogP contribution is 2.35. The van der Waals surface area contributed by atoms with E-state index >= 15 is 0 Å². The fourth-order valence-corrected chi connectivity index (χ4v) is 7.11. The molecular formula is C35H24N8+2. The van der Waals surface area contributed by atoms with Crippen LogP contribution in [-0.4, -0.2) is 56.2 Å². The minimum Gasteiger partial charge on any atom is -0.317 e. The molecule has 0 saturated heterocycles. The maximum Gasteiger partial charge on any atom is 0.276 e. The van der Waals surface area contributed by atoms with Gasteiger partial charge >= 0.3 is 0 Å². The monoisotopic (exact) mass is 556 g/mol. The van der Waals surface area contributed by atoms with Crippen molar-refractivity contribution in [2.45, 2.75) is 25.7 Å². The van der Waals surface area contributed by atoms with Gasteiger partial charge in [-0.05, 0) is 42.5 Å². The maximum absolute atomic E-state index is 5.46. The van der Waals surface area contributed by atoms with Gasteiger partial charge in [0.2, 0.25) is 29.8 Å². The Hall–Kier alpha value is -5.63. The van der Waals surface area contributed by atoms with Crippen LogP contribution in [0.4, 0.5) is 0 Å². The van der Waals surface area contributed by atoms with Gasteiger partial charge < -0.3 is 5.32 Å². The summed E-state index contributed by atoms with van der Waals surface area (Å²) < 4.78 is 4.58. The first-order valence-corrected chi connectivity index (χ1v) is 14.7. The highest BCUT2D eigenvalue weighted by atomic mass is 15.4. The molecule has 0 spiro atoms. The quantitative estimate of drug-likeness (QED) is 0.346. The van der Waals surface area contributed by atoms with Crippen LogP contribution in [0.5, 0.6) is 0 Å². The van der Waals surface area contributed by atoms with Gasteiger partial charge in [-0.1, -0.05) is 76.5 Å². The number of hydrogen-bond acceptors (Lipinski definition) is 6. The first-order chi connectivity index (χ1) is 21.3. The lowest BCUT2D eigenvalue weighted by molar-refractivity contribution is -0.678. The number of aliphatic imine (C=N–C) groups is 5. The van der Waals surface area contributed by atoms with E-state index in [4.69, 9.17) is 25.0 Å². The maximum atomic E-state index is 5.46. The molecule has 6 bridgehead atoms. The van der Waals surface area contributed by atoms with Gasteiger partial charge in [0.1, 0.15) is 0 Å². The molecule has 0 saturated carbocycles. The molecule has 4 aromatic carbocycles. The number of amidine groups is 7. The standard InChI is InChI=1S/C35H23N8/c1-2-27-42-32-23-15-7-8-16-24(23)34(42)40-30-21-13-5-6-14-22(21)31(37-30)41-35-26-18-10-9-17-25(26)33(43(27)35)39-29-20-12-4-3-11-19(20)28(36-29)38-32/h3-18,27-28H,2H2,1H3/q+1/p+1. The van der Waals surface area contributed by atoms with E-state index in [2.05, 4.69) is 106 Å². The van der Waals surface area contributed by atoms with Gasteiger partial charge in [-0.2, -0.15) is 14.1 Å². The molecule has 2 atom stereocenters. The fourth-order valence-electron chi connectivity index (χ4n) is 7.11. The number of nitrogens with one attached hydrogen (secondary N) is 1. The van der Waals surface area contributed by atoms with Crippen LogP contribution < -0.4 is 5.32 Å². The fraction of sp³-hybridized carbons (Fsp3) is 0.114. The van der Waals surface area contributed by atoms with Gasteiger partial charge in [0.05, 0.1) is 22.3 Å². The summed E-state index contributed by atoms with van der Waals surface area (Å²) in [6, 6.07) is 33.5. The molecule has 0 fully saturated rings. The Morgan fingerprint density at radius 2 is 1.09 bits per heavy atom. The third-order valence-electron chi connectivity index (χ3n) is 8.99. The van der Waals surface area contributed by atoms with Gasteiger partial charge in [-0.25, -0.2) is 0 Å². The number of benzene rings is 4. The molecule has 10 rings (SSSR count). The van der Waals surface area contributed by atoms with E-state index in [0.29, 0.717) is 11.7 Å². The molecule has 2 unspecified atom stereocenters. The molecule has 6 aliphatic heterocycles. The van der Waals surface area contributed by atoms with Crippen LogP contribution in [0.15, 0.2) is 122 Å². The highest BCUT2D eigenvalue weighted by molar-refractivity contribution is 6.29. The van der Waals surface area contributed by atoms with Crippen molar-refractivity contribution < 1.29 is 9.15 Å². The van der Waals surface area contributed by atoms with Crippen LogP contribution >= 0.6 is 0 Å². The summed E-state index contributed by atoms with van der Waals surface area (Å²) in [5.41, 5.74) is 8.29. The molecule has 0 aromatic heterocycles. The molecule has 202 valence electrons. The van der Waals surface area contributed by atoms with E-state index in [1.54, 1.807) is 0 Å². The average molecular weight is 557 g/mol. The second-order valence-electron chi connectivity index (χ2n) is 11.3. The Bertz CT molecular complexity index is 2210. The Kier molecular flexibility index (Phi) is 4.40. The molecule has 0 aliphatic carbocycles. The molecule has 8 heteroatoms. The van der Waals surface area contributed by atoms with Crippen LogP contribution in [0.1, 0.15) is 64.0 Å². The van der Waals surface area contributed by atoms with Gasteiger partial charge in [0.15, 0.2) is 0 Å². The summed E-state index contributed by atoms with van der Waals surface area (Å²) >= 11 is 0. The Morgan fingerprint density at radius 3 is 1.79 bits per heavy atom. The van der Waals surface area contributed by atoms with Gasteiger partial charge in [0, 0.05) is 28.7 Å². The van der Waals surface area contributed by atoms with Crippen molar-refractivity contribution in [3.8, 4) is 0 Å². The minimum atomic E-state index is -0.285. The predicted octanol–water partition coefficient (Wildman–Crippen LogP) is 4.44. The van der Waals surface area contributed by atoms with Gasteiger partial charge in [-0.15, -0.1) is 4.99 Å². The third-order valence-corrected chi connectivity index (χ3v) is 8.99. The van der Waals surface area contributed by atoms with Crippen LogP contribution in [-0.2, 0) is 0 Å². The molecular weight excluding hydrogens is 532 g/mol. The van der Waals surface area contributed by atoms with Crippen molar-refractivity contribution in [1.29, 1.82) is 0 Å². The average Bonchev–Trinajstić information content (AvgIpc) is 3.76. The van der Waals surface area contributed by atoms with Crippen molar-refractivity contribution in [3.05, 3.63) is 142 Å². The minimum absolute atomic E-state index is 0.196. The SMILES string of the molecule is CCC1[N+]2=C3N=C4N=C(N=C5c6ccccc6C(=[N+]51)N=C1NC(N=C2c2ccccc23)c2ccccc21)c1ccccc14. The molecule has 1 N–H and O–H groups in total. The van der Waals surface area contributed by atoms with Crippen LogP contribution in [0, 0.1) is 0 Å². The smallest absolute Gasteiger partial charge is 0.276 e. The van der Waals surface area contributed by atoms with Crippen LogP contribution in [0.25, 0.3) is 0 Å². The topological polar surface area (TPSA) is 79.8 Å². The summed E-state index contributed by atoms with van der Waals surface area (Å²) in [5.74, 6) is 5.55. The van der Waals surface area contributed by atoms with E-state index < -0.39 is 0 Å². The van der Waals surface area contributed by atoms with Crippen LogP contribution in [0.2, 0.25) is 0 Å². The Balaban J connectivity index is 1.42. The first kappa shape index (κ1) is 23.0. The molecule has 0 radical (unpaired) electrons. The lowest BCUT2D eigenvalue weighted by Gasteiger charge is -2.20. The van der Waals surface area contributed by atoms with E-state index in [1.807, 2.05) is 12.1 Å². The molecule has 8 nitrogen and oxygen atoms in total. The molecule has 43 heavy (non-hydrogen) atoms. The summed E-state index contributed by atoms with van der Waals surface area (Å²) in [6.07, 6.45) is 0.289. The zero-order valence-electron chi connectivity index (χ0n) is 23.2.